The minimum atomic E-state index is -0.206. The van der Waals surface area contributed by atoms with Crippen molar-refractivity contribution in [1.29, 1.82) is 0 Å². The van der Waals surface area contributed by atoms with Gasteiger partial charge in [0.05, 0.1) is 99.1 Å². The summed E-state index contributed by atoms with van der Waals surface area (Å²) in [5.74, 6) is 2.88. The number of carbonyl (C=O) groups excluding carboxylic acids is 1. The van der Waals surface area contributed by atoms with E-state index in [0.29, 0.717) is 23.7 Å². The van der Waals surface area contributed by atoms with Crippen molar-refractivity contribution in [3.8, 4) is 33.8 Å². The lowest BCUT2D eigenvalue weighted by atomic mass is 9.99. The van der Waals surface area contributed by atoms with Crippen LogP contribution in [0, 0.1) is 27.7 Å². The highest BCUT2D eigenvalue weighted by Crippen LogP contribution is 2.45. The molecule has 1 N–H and O–H groups in total. The van der Waals surface area contributed by atoms with Gasteiger partial charge in [0.1, 0.15) is 23.0 Å². The number of hydrogen-bond donors (Lipinski definition) is 1. The molecule has 2 aromatic carbocycles. The van der Waals surface area contributed by atoms with Gasteiger partial charge in [-0.05, 0) is 106 Å². The molecule has 0 fully saturated rings. The molecule has 9 aromatic rings. The van der Waals surface area contributed by atoms with E-state index in [-0.39, 0.29) is 35.9 Å². The van der Waals surface area contributed by atoms with Crippen LogP contribution in [0.15, 0.2) is 87.3 Å². The fourth-order valence-electron chi connectivity index (χ4n) is 9.02. The quantitative estimate of drug-likeness (QED) is 0.137. The number of rotatable bonds is 10. The first-order chi connectivity index (χ1) is 31.6. The monoisotopic (exact) mass is 888 g/mol. The molecule has 66 heavy (non-hydrogen) atoms. The normalized spacial score (nSPS) is 13.5. The van der Waals surface area contributed by atoms with E-state index in [2.05, 4.69) is 25.4 Å². The Morgan fingerprint density at radius 2 is 1.33 bits per heavy atom. The average Bonchev–Trinajstić information content (AvgIpc) is 4.10. The molecule has 16 heteroatoms. The number of imidazole rings is 1. The van der Waals surface area contributed by atoms with Gasteiger partial charge in [-0.3, -0.25) is 29.0 Å². The van der Waals surface area contributed by atoms with Gasteiger partial charge in [-0.15, -0.1) is 0 Å². The number of carbonyl (C=O) groups is 1. The maximum Gasteiger partial charge on any atom is 0.327 e. The van der Waals surface area contributed by atoms with Gasteiger partial charge < -0.3 is 28.4 Å². The van der Waals surface area contributed by atoms with Crippen LogP contribution in [0.5, 0.6) is 11.5 Å². The van der Waals surface area contributed by atoms with Crippen molar-refractivity contribution in [3.63, 3.8) is 0 Å². The average molecular weight is 889 g/mol. The summed E-state index contributed by atoms with van der Waals surface area (Å²) in [6.07, 6.45) is 9.23. The fourth-order valence-corrected chi connectivity index (χ4v) is 9.02. The number of aromatic amines is 1. The molecule has 16 nitrogen and oxygen atoms in total. The summed E-state index contributed by atoms with van der Waals surface area (Å²) in [6.45, 7) is 19.5. The van der Waals surface area contributed by atoms with Gasteiger partial charge in [0, 0.05) is 58.7 Å². The van der Waals surface area contributed by atoms with Crippen LogP contribution in [0.1, 0.15) is 93.4 Å². The number of aryl methyl sites for hydroxylation is 5. The largest absolute Gasteiger partial charge is 0.490 e. The van der Waals surface area contributed by atoms with Crippen molar-refractivity contribution in [2.75, 3.05) is 4.90 Å². The van der Waals surface area contributed by atoms with Crippen molar-refractivity contribution in [2.45, 2.75) is 99.9 Å². The second-order valence-corrected chi connectivity index (χ2v) is 17.4. The molecule has 0 saturated carbocycles. The maximum absolute atomic E-state index is 13.1. The van der Waals surface area contributed by atoms with Crippen molar-refractivity contribution in [2.24, 2.45) is 7.05 Å². The van der Waals surface area contributed by atoms with E-state index in [4.69, 9.17) is 28.5 Å². The van der Waals surface area contributed by atoms with Crippen molar-refractivity contribution in [1.82, 2.24) is 44.6 Å². The molecule has 0 bridgehead atoms. The highest BCUT2D eigenvalue weighted by molar-refractivity contribution is 6.11. The van der Waals surface area contributed by atoms with E-state index < -0.39 is 0 Å². The third kappa shape index (κ3) is 7.75. The van der Waals surface area contributed by atoms with Crippen LogP contribution >= 0.6 is 0 Å². The number of anilines is 1. The zero-order valence-electron chi connectivity index (χ0n) is 38.9. The van der Waals surface area contributed by atoms with Crippen LogP contribution in [-0.4, -0.2) is 62.7 Å². The molecule has 0 saturated heterocycles. The molecular weight excluding hydrogens is 837 g/mol. The van der Waals surface area contributed by atoms with E-state index in [1.165, 1.54) is 0 Å². The summed E-state index contributed by atoms with van der Waals surface area (Å²) in [7, 11) is 1.86. The van der Waals surface area contributed by atoms with Crippen LogP contribution in [0.25, 0.3) is 55.1 Å². The lowest BCUT2D eigenvalue weighted by molar-refractivity contribution is -0.117. The van der Waals surface area contributed by atoms with E-state index in [1.54, 1.807) is 34.0 Å². The Labute approximate surface area is 380 Å². The van der Waals surface area contributed by atoms with E-state index >= 15 is 0 Å². The van der Waals surface area contributed by atoms with Gasteiger partial charge >= 0.3 is 5.69 Å². The molecule has 0 radical (unpaired) electrons. The molecule has 0 spiro atoms. The van der Waals surface area contributed by atoms with Crippen LogP contribution in [-0.2, 0) is 18.3 Å². The Bertz CT molecular complexity index is 3320. The number of hydrogen-bond acceptors (Lipinski definition) is 12. The van der Waals surface area contributed by atoms with Gasteiger partial charge in [0.25, 0.3) is 0 Å². The van der Waals surface area contributed by atoms with E-state index in [0.717, 1.165) is 94.7 Å². The fraction of sp³-hybridized carbons (Fsp3) is 0.320. The summed E-state index contributed by atoms with van der Waals surface area (Å²) in [4.78, 5) is 44.9. The molecular formula is C50H52N10O6. The molecule has 1 aliphatic rings. The maximum atomic E-state index is 13.1. The highest BCUT2D eigenvalue weighted by Gasteiger charge is 2.35. The predicted octanol–water partition coefficient (Wildman–Crippen LogP) is 9.62. The second-order valence-electron chi connectivity index (χ2n) is 17.4. The smallest absolute Gasteiger partial charge is 0.327 e. The lowest BCUT2D eigenvalue weighted by Gasteiger charge is -2.26. The molecule has 2 atom stereocenters. The van der Waals surface area contributed by atoms with Gasteiger partial charge in [-0.1, -0.05) is 16.4 Å². The van der Waals surface area contributed by atoms with Crippen molar-refractivity contribution < 1.29 is 23.3 Å². The molecule has 10 rings (SSSR count). The molecule has 1 aliphatic heterocycles. The summed E-state index contributed by atoms with van der Waals surface area (Å²) >= 11 is 0. The van der Waals surface area contributed by atoms with Crippen LogP contribution in [0.4, 0.5) is 5.69 Å². The van der Waals surface area contributed by atoms with Gasteiger partial charge in [0.2, 0.25) is 5.91 Å². The number of amides is 1. The van der Waals surface area contributed by atoms with Gasteiger partial charge in [-0.2, -0.15) is 5.10 Å². The number of benzene rings is 2. The molecule has 338 valence electrons. The Balaban J connectivity index is 0.000000166. The standard InChI is InChI=1S/C26H26N4O3.C24H26N6O3/c1-14(2)32-23-12-19-22(11-20(23)25-15(3)29-33-17(25)5)28-13-18-10-24(31)30(26(18)19)16(4)21-8-6-7-9-27-21;1-12(2)32-21-8-17-19(7-18(21)22-13(3)28-33-15(22)5)25-10-20-23(17)27-24(31)30(20)14(4)16-9-26-29(6)11-16/h6-9,11-14,16H,10H2,1-5H3;7-12,14H,1-6H3,(H,27,31)/t16-;/m1./s1. The Kier molecular flexibility index (Phi) is 11.3. The van der Waals surface area contributed by atoms with Crippen molar-refractivity contribution >= 4 is 44.4 Å². The SMILES string of the molecule is Cc1noc(C)c1-c1cc2ncc3c([nH]c(=O)n3C(C)c3cnn(C)c3)c2cc1OC(C)C.Cc1noc(C)c1-c1cc2ncc3c(c2cc1OC(C)C)N([C@H](C)c1ccccn1)C(=O)C3. The summed E-state index contributed by atoms with van der Waals surface area (Å²) in [5.41, 5.74) is 11.5. The summed E-state index contributed by atoms with van der Waals surface area (Å²) < 4.78 is 26.7. The summed E-state index contributed by atoms with van der Waals surface area (Å²) in [6, 6.07) is 13.3. The Morgan fingerprint density at radius 3 is 1.88 bits per heavy atom. The van der Waals surface area contributed by atoms with Crippen LogP contribution in [0.3, 0.4) is 0 Å². The zero-order chi connectivity index (χ0) is 46.7. The first-order valence-corrected chi connectivity index (χ1v) is 22.0. The van der Waals surface area contributed by atoms with Crippen molar-refractivity contribution in [3.05, 3.63) is 124 Å². The number of aromatic nitrogens is 9. The molecule has 7 aromatic heterocycles. The lowest BCUT2D eigenvalue weighted by Crippen LogP contribution is -2.30. The number of ether oxygens (including phenoxy) is 2. The number of H-pyrrole nitrogens is 1. The molecule has 1 unspecified atom stereocenters. The van der Waals surface area contributed by atoms with Crippen LogP contribution in [0.2, 0.25) is 0 Å². The topological polar surface area (TPSA) is 185 Å². The predicted molar refractivity (Wildman–Crippen MR) is 252 cm³/mol. The number of nitrogens with zero attached hydrogens (tertiary/aromatic N) is 9. The Morgan fingerprint density at radius 1 is 0.727 bits per heavy atom. The van der Waals surface area contributed by atoms with Gasteiger partial charge in [-0.25, -0.2) is 4.79 Å². The third-order valence-corrected chi connectivity index (χ3v) is 12.0. The first kappa shape index (κ1) is 43.6. The zero-order valence-corrected chi connectivity index (χ0v) is 38.9. The molecule has 0 aliphatic carbocycles. The Hall–Kier alpha value is -7.62. The number of pyridine rings is 3. The number of fused-ring (bicyclic) bond motifs is 6. The van der Waals surface area contributed by atoms with Crippen LogP contribution < -0.4 is 20.1 Å². The van der Waals surface area contributed by atoms with E-state index in [1.807, 2.05) is 130 Å². The molecule has 1 amide bonds. The van der Waals surface area contributed by atoms with Gasteiger partial charge in [0.15, 0.2) is 0 Å². The van der Waals surface area contributed by atoms with E-state index in [9.17, 15) is 9.59 Å². The minimum absolute atomic E-state index is 0.0310. The minimum Gasteiger partial charge on any atom is -0.490 e. The second kappa shape index (κ2) is 17.1. The molecule has 8 heterocycles. The summed E-state index contributed by atoms with van der Waals surface area (Å²) in [5, 5.41) is 14.2. The highest BCUT2D eigenvalue weighted by atomic mass is 16.5. The third-order valence-electron chi connectivity index (χ3n) is 12.0. The first-order valence-electron chi connectivity index (χ1n) is 22.0. The number of nitrogens with one attached hydrogen (secondary N) is 1.